The average molecular weight is 411 g/mol. The van der Waals surface area contributed by atoms with E-state index in [1.807, 2.05) is 18.2 Å². The van der Waals surface area contributed by atoms with Crippen molar-refractivity contribution < 1.29 is 23.5 Å². The van der Waals surface area contributed by atoms with Crippen molar-refractivity contribution in [3.8, 4) is 5.75 Å². The minimum atomic E-state index is -1.08. The van der Waals surface area contributed by atoms with Crippen molar-refractivity contribution in [2.75, 3.05) is 26.3 Å². The lowest BCUT2D eigenvalue weighted by Crippen LogP contribution is -2.58. The summed E-state index contributed by atoms with van der Waals surface area (Å²) in [6.45, 7) is 0.780. The van der Waals surface area contributed by atoms with E-state index >= 15 is 0 Å². The van der Waals surface area contributed by atoms with Crippen LogP contribution in [-0.4, -0.2) is 53.6 Å². The number of carbonyl (C=O) groups excluding carboxylic acids is 2. The Hall–Kier alpha value is -3.39. The SMILES string of the molecule is NC(=O)C[C@@]1(COc2ccc(F)cc2)CN(C(=O)c2cccc3[nH]ccc23)CCO1. The molecule has 0 spiro atoms. The molecule has 0 saturated carbocycles. The number of benzene rings is 2. The number of ether oxygens (including phenoxy) is 2. The van der Waals surface area contributed by atoms with Gasteiger partial charge < -0.3 is 25.1 Å². The highest BCUT2D eigenvalue weighted by Gasteiger charge is 2.41. The lowest BCUT2D eigenvalue weighted by molar-refractivity contribution is -0.142. The van der Waals surface area contributed by atoms with E-state index in [0.717, 1.165) is 10.9 Å². The Balaban J connectivity index is 1.55. The van der Waals surface area contributed by atoms with Gasteiger partial charge in [-0.15, -0.1) is 0 Å². The number of aromatic nitrogens is 1. The summed E-state index contributed by atoms with van der Waals surface area (Å²) >= 11 is 0. The summed E-state index contributed by atoms with van der Waals surface area (Å²) in [4.78, 5) is 29.8. The Morgan fingerprint density at radius 2 is 2.00 bits per heavy atom. The number of fused-ring (bicyclic) bond motifs is 1. The smallest absolute Gasteiger partial charge is 0.254 e. The molecule has 1 aromatic heterocycles. The molecule has 8 heteroatoms. The van der Waals surface area contributed by atoms with Crippen LogP contribution in [0.15, 0.2) is 54.7 Å². The molecule has 1 saturated heterocycles. The molecule has 7 nitrogen and oxygen atoms in total. The molecule has 3 N–H and O–H groups in total. The van der Waals surface area contributed by atoms with E-state index in [-0.39, 0.29) is 37.9 Å². The van der Waals surface area contributed by atoms with Gasteiger partial charge in [-0.2, -0.15) is 0 Å². The third-order valence-electron chi connectivity index (χ3n) is 5.17. The summed E-state index contributed by atoms with van der Waals surface area (Å²) in [5.41, 5.74) is 5.82. The molecule has 4 rings (SSSR count). The fourth-order valence-corrected chi connectivity index (χ4v) is 3.77. The molecular formula is C22H22FN3O4. The van der Waals surface area contributed by atoms with Crippen molar-refractivity contribution in [2.24, 2.45) is 5.73 Å². The standard InChI is InChI=1S/C22H22FN3O4/c23-15-4-6-16(7-5-15)29-14-22(12-20(24)27)13-26(10-11-30-22)21(28)18-2-1-3-19-17(18)8-9-25-19/h1-9,25H,10-14H2,(H2,24,27)/t22-/m0/s1. The van der Waals surface area contributed by atoms with Crippen LogP contribution in [0.2, 0.25) is 0 Å². The van der Waals surface area contributed by atoms with Crippen molar-refractivity contribution in [3.05, 3.63) is 66.1 Å². The van der Waals surface area contributed by atoms with Crippen LogP contribution in [0.25, 0.3) is 10.9 Å². The van der Waals surface area contributed by atoms with Gasteiger partial charge in [0.1, 0.15) is 23.8 Å². The summed E-state index contributed by atoms with van der Waals surface area (Å²) in [6.07, 6.45) is 1.68. The molecule has 0 unspecified atom stereocenters. The highest BCUT2D eigenvalue weighted by atomic mass is 19.1. The zero-order chi connectivity index (χ0) is 21.1. The Labute approximate surface area is 172 Å². The first kappa shape index (κ1) is 19.9. The molecule has 2 aromatic carbocycles. The van der Waals surface area contributed by atoms with Crippen molar-refractivity contribution in [3.63, 3.8) is 0 Å². The van der Waals surface area contributed by atoms with Crippen LogP contribution in [-0.2, 0) is 9.53 Å². The third-order valence-corrected chi connectivity index (χ3v) is 5.17. The van der Waals surface area contributed by atoms with Gasteiger partial charge in [-0.05, 0) is 42.5 Å². The van der Waals surface area contributed by atoms with Crippen molar-refractivity contribution in [2.45, 2.75) is 12.0 Å². The summed E-state index contributed by atoms with van der Waals surface area (Å²) in [7, 11) is 0. The van der Waals surface area contributed by atoms with Crippen molar-refractivity contribution in [1.29, 1.82) is 0 Å². The van der Waals surface area contributed by atoms with E-state index in [0.29, 0.717) is 17.9 Å². The topological polar surface area (TPSA) is 97.7 Å². The molecule has 1 atom stereocenters. The number of H-pyrrole nitrogens is 1. The molecule has 30 heavy (non-hydrogen) atoms. The zero-order valence-corrected chi connectivity index (χ0v) is 16.3. The van der Waals surface area contributed by atoms with Gasteiger partial charge in [0.25, 0.3) is 5.91 Å². The van der Waals surface area contributed by atoms with E-state index in [1.165, 1.54) is 24.3 Å². The minimum absolute atomic E-state index is 0.000290. The maximum atomic E-state index is 13.3. The first-order valence-electron chi connectivity index (χ1n) is 9.62. The van der Waals surface area contributed by atoms with Gasteiger partial charge in [-0.3, -0.25) is 9.59 Å². The molecule has 2 heterocycles. The molecule has 0 radical (unpaired) electrons. The molecule has 0 bridgehead atoms. The minimum Gasteiger partial charge on any atom is -0.490 e. The van der Waals surface area contributed by atoms with Crippen LogP contribution < -0.4 is 10.5 Å². The van der Waals surface area contributed by atoms with Gasteiger partial charge in [-0.1, -0.05) is 6.07 Å². The highest BCUT2D eigenvalue weighted by molar-refractivity contribution is 6.06. The van der Waals surface area contributed by atoms with E-state index in [2.05, 4.69) is 4.98 Å². The lowest BCUT2D eigenvalue weighted by atomic mass is 9.96. The van der Waals surface area contributed by atoms with Gasteiger partial charge in [0.05, 0.1) is 19.6 Å². The first-order chi connectivity index (χ1) is 14.5. The molecule has 0 aliphatic carbocycles. The maximum Gasteiger partial charge on any atom is 0.254 e. The van der Waals surface area contributed by atoms with Gasteiger partial charge in [0.15, 0.2) is 0 Å². The summed E-state index contributed by atoms with van der Waals surface area (Å²) in [5, 5.41) is 0.831. The number of nitrogens with one attached hydrogen (secondary N) is 1. The molecular weight excluding hydrogens is 389 g/mol. The van der Waals surface area contributed by atoms with Crippen LogP contribution >= 0.6 is 0 Å². The van der Waals surface area contributed by atoms with E-state index in [9.17, 15) is 14.0 Å². The number of rotatable bonds is 6. The van der Waals surface area contributed by atoms with E-state index < -0.39 is 11.5 Å². The van der Waals surface area contributed by atoms with Gasteiger partial charge in [0.2, 0.25) is 5.91 Å². The lowest BCUT2D eigenvalue weighted by Gasteiger charge is -2.42. The normalized spacial score (nSPS) is 19.0. The first-order valence-corrected chi connectivity index (χ1v) is 9.62. The number of aromatic amines is 1. The van der Waals surface area contributed by atoms with Crippen molar-refractivity contribution in [1.82, 2.24) is 9.88 Å². The Morgan fingerprint density at radius 1 is 1.20 bits per heavy atom. The number of carbonyl (C=O) groups is 2. The molecule has 1 aliphatic heterocycles. The number of nitrogens with two attached hydrogens (primary N) is 1. The molecule has 1 aliphatic rings. The third kappa shape index (κ3) is 4.13. The van der Waals surface area contributed by atoms with Crippen LogP contribution in [0.4, 0.5) is 4.39 Å². The number of halogens is 1. The second-order valence-corrected chi connectivity index (χ2v) is 7.39. The van der Waals surface area contributed by atoms with Crippen LogP contribution in [0.5, 0.6) is 5.75 Å². The number of hydrogen-bond acceptors (Lipinski definition) is 4. The fraction of sp³-hybridized carbons (Fsp3) is 0.273. The predicted molar refractivity (Wildman–Crippen MR) is 109 cm³/mol. The van der Waals surface area contributed by atoms with Gasteiger partial charge >= 0.3 is 0 Å². The maximum absolute atomic E-state index is 13.3. The second kappa shape index (κ2) is 8.16. The Bertz CT molecular complexity index is 1070. The number of morpholine rings is 1. The van der Waals surface area contributed by atoms with Crippen LogP contribution in [0, 0.1) is 5.82 Å². The van der Waals surface area contributed by atoms with Crippen molar-refractivity contribution >= 4 is 22.7 Å². The van der Waals surface area contributed by atoms with E-state index in [1.54, 1.807) is 17.2 Å². The number of amides is 2. The Morgan fingerprint density at radius 3 is 2.77 bits per heavy atom. The van der Waals surface area contributed by atoms with Crippen LogP contribution in [0.1, 0.15) is 16.8 Å². The number of primary amides is 1. The summed E-state index contributed by atoms with van der Waals surface area (Å²) in [5.74, 6) is -0.651. The van der Waals surface area contributed by atoms with E-state index in [4.69, 9.17) is 15.2 Å². The fourth-order valence-electron chi connectivity index (χ4n) is 3.77. The Kier molecular flexibility index (Phi) is 5.41. The summed E-state index contributed by atoms with van der Waals surface area (Å²) < 4.78 is 24.8. The van der Waals surface area contributed by atoms with Crippen LogP contribution in [0.3, 0.4) is 0 Å². The zero-order valence-electron chi connectivity index (χ0n) is 16.3. The van der Waals surface area contributed by atoms with Gasteiger partial charge in [-0.25, -0.2) is 4.39 Å². The highest BCUT2D eigenvalue weighted by Crippen LogP contribution is 2.27. The molecule has 2 amide bonds. The predicted octanol–water partition coefficient (Wildman–Crippen LogP) is 2.47. The van der Waals surface area contributed by atoms with Gasteiger partial charge in [0, 0.05) is 29.2 Å². The molecule has 156 valence electrons. The largest absolute Gasteiger partial charge is 0.490 e. The quantitative estimate of drug-likeness (QED) is 0.651. The number of hydrogen-bond donors (Lipinski definition) is 2. The molecule has 1 fully saturated rings. The second-order valence-electron chi connectivity index (χ2n) is 7.39. The number of nitrogens with zero attached hydrogens (tertiary/aromatic N) is 1. The average Bonchev–Trinajstić information content (AvgIpc) is 3.21. The monoisotopic (exact) mass is 411 g/mol. The molecule has 3 aromatic rings. The summed E-state index contributed by atoms with van der Waals surface area (Å²) in [6, 6.07) is 12.9.